The Labute approximate surface area is 113 Å². The minimum Gasteiger partial charge on any atom is -0.312 e. The first-order valence-corrected chi connectivity index (χ1v) is 8.29. The molecule has 0 bridgehead atoms. The Balaban J connectivity index is 1.46. The minimum atomic E-state index is 0.782. The monoisotopic (exact) mass is 250 g/mol. The maximum absolute atomic E-state index is 3.85. The molecule has 3 rings (SSSR count). The zero-order valence-corrected chi connectivity index (χ0v) is 12.0. The first-order valence-electron chi connectivity index (χ1n) is 8.29. The molecule has 1 saturated heterocycles. The average Bonchev–Trinajstić information content (AvgIpc) is 3.15. The van der Waals surface area contributed by atoms with Crippen LogP contribution in [-0.4, -0.2) is 37.1 Å². The van der Waals surface area contributed by atoms with Gasteiger partial charge in [0.15, 0.2) is 0 Å². The lowest BCUT2D eigenvalue weighted by Crippen LogP contribution is -2.51. The van der Waals surface area contributed by atoms with Crippen LogP contribution < -0.4 is 5.32 Å². The summed E-state index contributed by atoms with van der Waals surface area (Å²) in [6, 6.07) is 0.782. The summed E-state index contributed by atoms with van der Waals surface area (Å²) >= 11 is 0. The van der Waals surface area contributed by atoms with Crippen LogP contribution in [-0.2, 0) is 0 Å². The maximum Gasteiger partial charge on any atom is 0.0198 e. The van der Waals surface area contributed by atoms with Gasteiger partial charge in [-0.2, -0.15) is 0 Å². The molecule has 2 atom stereocenters. The van der Waals surface area contributed by atoms with E-state index in [-0.39, 0.29) is 0 Å². The van der Waals surface area contributed by atoms with Gasteiger partial charge in [-0.3, -0.25) is 0 Å². The summed E-state index contributed by atoms with van der Waals surface area (Å²) in [7, 11) is 0. The van der Waals surface area contributed by atoms with Crippen molar-refractivity contribution in [2.45, 2.75) is 57.9 Å². The number of rotatable bonds is 6. The Hall–Kier alpha value is -0.0800. The summed E-state index contributed by atoms with van der Waals surface area (Å²) in [5.41, 5.74) is 0. The van der Waals surface area contributed by atoms with E-state index in [9.17, 15) is 0 Å². The Bertz CT molecular complexity index is 256. The number of hydrogen-bond donors (Lipinski definition) is 1. The quantitative estimate of drug-likeness (QED) is 0.780. The maximum atomic E-state index is 3.85. The van der Waals surface area contributed by atoms with Gasteiger partial charge in [0.1, 0.15) is 0 Å². The molecule has 3 aliphatic rings. The molecule has 2 saturated carbocycles. The Kier molecular flexibility index (Phi) is 4.25. The molecule has 2 aliphatic carbocycles. The highest BCUT2D eigenvalue weighted by Gasteiger charge is 2.30. The topological polar surface area (TPSA) is 15.3 Å². The van der Waals surface area contributed by atoms with Crippen molar-refractivity contribution in [3.8, 4) is 0 Å². The summed E-state index contributed by atoms with van der Waals surface area (Å²) in [5, 5.41) is 3.85. The molecule has 1 heterocycles. The summed E-state index contributed by atoms with van der Waals surface area (Å²) in [6.07, 6.45) is 10.2. The van der Waals surface area contributed by atoms with E-state index in [0.717, 1.165) is 23.8 Å². The smallest absolute Gasteiger partial charge is 0.0198 e. The Morgan fingerprint density at radius 3 is 2.44 bits per heavy atom. The number of piperidine rings is 1. The molecule has 0 radical (unpaired) electrons. The lowest BCUT2D eigenvalue weighted by Gasteiger charge is -2.41. The van der Waals surface area contributed by atoms with E-state index in [1.54, 1.807) is 0 Å². The molecule has 1 N–H and O–H groups in total. The van der Waals surface area contributed by atoms with Crippen molar-refractivity contribution < 1.29 is 0 Å². The molecule has 18 heavy (non-hydrogen) atoms. The fraction of sp³-hybridized carbons (Fsp3) is 1.00. The predicted molar refractivity (Wildman–Crippen MR) is 76.7 cm³/mol. The van der Waals surface area contributed by atoms with Gasteiger partial charge in [0.25, 0.3) is 0 Å². The van der Waals surface area contributed by atoms with E-state index in [0.29, 0.717) is 0 Å². The van der Waals surface area contributed by atoms with Crippen LogP contribution in [0.3, 0.4) is 0 Å². The first kappa shape index (κ1) is 12.9. The lowest BCUT2D eigenvalue weighted by atomic mass is 9.83. The van der Waals surface area contributed by atoms with Gasteiger partial charge in [0, 0.05) is 25.7 Å². The normalized spacial score (nSPS) is 34.5. The minimum absolute atomic E-state index is 0.782. The zero-order valence-electron chi connectivity index (χ0n) is 12.0. The zero-order chi connectivity index (χ0) is 12.4. The first-order chi connectivity index (χ1) is 8.83. The van der Waals surface area contributed by atoms with Crippen molar-refractivity contribution >= 4 is 0 Å². The molecule has 0 aromatic carbocycles. The van der Waals surface area contributed by atoms with E-state index in [1.165, 1.54) is 71.1 Å². The molecular weight excluding hydrogens is 220 g/mol. The van der Waals surface area contributed by atoms with Gasteiger partial charge in [0.05, 0.1) is 0 Å². The van der Waals surface area contributed by atoms with Crippen molar-refractivity contribution in [3.63, 3.8) is 0 Å². The molecular formula is C16H30N2. The van der Waals surface area contributed by atoms with Crippen LogP contribution in [0, 0.1) is 17.8 Å². The molecule has 2 unspecified atom stereocenters. The largest absolute Gasteiger partial charge is 0.312 e. The SMILES string of the molecule is CCC1CC(NCC2CC2)CN(CC2CCC2)C1. The van der Waals surface area contributed by atoms with E-state index in [1.807, 2.05) is 0 Å². The lowest BCUT2D eigenvalue weighted by molar-refractivity contribution is 0.100. The second-order valence-corrected chi connectivity index (χ2v) is 7.07. The van der Waals surface area contributed by atoms with Crippen LogP contribution in [0.15, 0.2) is 0 Å². The van der Waals surface area contributed by atoms with Gasteiger partial charge in [-0.1, -0.05) is 19.8 Å². The van der Waals surface area contributed by atoms with E-state index in [4.69, 9.17) is 0 Å². The second-order valence-electron chi connectivity index (χ2n) is 7.07. The van der Waals surface area contributed by atoms with Gasteiger partial charge < -0.3 is 10.2 Å². The highest BCUT2D eigenvalue weighted by Crippen LogP contribution is 2.30. The highest BCUT2D eigenvalue weighted by molar-refractivity contribution is 4.87. The van der Waals surface area contributed by atoms with Crippen molar-refractivity contribution in [2.24, 2.45) is 17.8 Å². The third kappa shape index (κ3) is 3.48. The summed E-state index contributed by atoms with van der Waals surface area (Å²) in [4.78, 5) is 2.77. The number of likely N-dealkylation sites (tertiary alicyclic amines) is 1. The third-order valence-electron chi connectivity index (χ3n) is 5.32. The van der Waals surface area contributed by atoms with Crippen LogP contribution in [0.4, 0.5) is 0 Å². The summed E-state index contributed by atoms with van der Waals surface area (Å²) in [6.45, 7) is 7.74. The molecule has 2 heteroatoms. The second kappa shape index (κ2) is 5.92. The molecule has 3 fully saturated rings. The summed E-state index contributed by atoms with van der Waals surface area (Å²) < 4.78 is 0. The van der Waals surface area contributed by atoms with Crippen LogP contribution in [0.2, 0.25) is 0 Å². The number of nitrogens with one attached hydrogen (secondary N) is 1. The van der Waals surface area contributed by atoms with Crippen LogP contribution >= 0.6 is 0 Å². The number of hydrogen-bond acceptors (Lipinski definition) is 2. The Morgan fingerprint density at radius 1 is 1.00 bits per heavy atom. The Morgan fingerprint density at radius 2 is 1.83 bits per heavy atom. The van der Waals surface area contributed by atoms with Crippen molar-refractivity contribution in [1.82, 2.24) is 10.2 Å². The van der Waals surface area contributed by atoms with Crippen molar-refractivity contribution in [3.05, 3.63) is 0 Å². The molecule has 0 amide bonds. The van der Waals surface area contributed by atoms with Gasteiger partial charge in [-0.25, -0.2) is 0 Å². The molecule has 1 aliphatic heterocycles. The molecule has 0 aromatic rings. The van der Waals surface area contributed by atoms with Gasteiger partial charge in [-0.05, 0) is 56.4 Å². The third-order valence-corrected chi connectivity index (χ3v) is 5.32. The molecule has 0 spiro atoms. The predicted octanol–water partition coefficient (Wildman–Crippen LogP) is 2.89. The summed E-state index contributed by atoms with van der Waals surface area (Å²) in [5.74, 6) is 2.99. The average molecular weight is 250 g/mol. The van der Waals surface area contributed by atoms with E-state index in [2.05, 4.69) is 17.1 Å². The fourth-order valence-corrected chi connectivity index (χ4v) is 3.59. The van der Waals surface area contributed by atoms with Gasteiger partial charge >= 0.3 is 0 Å². The molecule has 104 valence electrons. The highest BCUT2D eigenvalue weighted by atomic mass is 15.2. The fourth-order valence-electron chi connectivity index (χ4n) is 3.59. The molecule has 2 nitrogen and oxygen atoms in total. The van der Waals surface area contributed by atoms with Gasteiger partial charge in [-0.15, -0.1) is 0 Å². The van der Waals surface area contributed by atoms with Crippen LogP contribution in [0.25, 0.3) is 0 Å². The van der Waals surface area contributed by atoms with E-state index < -0.39 is 0 Å². The van der Waals surface area contributed by atoms with Crippen molar-refractivity contribution in [2.75, 3.05) is 26.2 Å². The standard InChI is InChI=1S/C16H30N2/c1-2-13-8-16(17-9-14-6-7-14)12-18(10-13)11-15-4-3-5-15/h13-17H,2-12H2,1H3. The van der Waals surface area contributed by atoms with Crippen LogP contribution in [0.5, 0.6) is 0 Å². The number of nitrogens with zero attached hydrogens (tertiary/aromatic N) is 1. The van der Waals surface area contributed by atoms with Crippen LogP contribution in [0.1, 0.15) is 51.9 Å². The van der Waals surface area contributed by atoms with Crippen molar-refractivity contribution in [1.29, 1.82) is 0 Å². The molecule has 0 aromatic heterocycles. The van der Waals surface area contributed by atoms with Gasteiger partial charge in [0.2, 0.25) is 0 Å². The van der Waals surface area contributed by atoms with E-state index >= 15 is 0 Å².